The third kappa shape index (κ3) is 2.26. The SMILES string of the molecule is CCCCN1C=C(C2=NCNc3[nH]ccc32)CN1C. The number of nitrogens with one attached hydrogen (secondary N) is 2. The molecule has 0 bridgehead atoms. The molecular formula is C14H21N5. The van der Waals surface area contributed by atoms with Crippen LogP contribution in [-0.2, 0) is 0 Å². The number of aromatic nitrogens is 1. The highest BCUT2D eigenvalue weighted by molar-refractivity contribution is 6.16. The maximum atomic E-state index is 4.64. The normalized spacial score (nSPS) is 18.9. The van der Waals surface area contributed by atoms with Crippen LogP contribution in [0.2, 0.25) is 0 Å². The second-order valence-electron chi connectivity index (χ2n) is 5.09. The quantitative estimate of drug-likeness (QED) is 0.870. The van der Waals surface area contributed by atoms with E-state index in [4.69, 9.17) is 0 Å². The van der Waals surface area contributed by atoms with Crippen LogP contribution in [0.4, 0.5) is 5.82 Å². The zero-order valence-electron chi connectivity index (χ0n) is 11.6. The first-order valence-corrected chi connectivity index (χ1v) is 6.94. The Balaban J connectivity index is 1.82. The fourth-order valence-electron chi connectivity index (χ4n) is 2.62. The molecule has 19 heavy (non-hydrogen) atoms. The van der Waals surface area contributed by atoms with E-state index in [0.29, 0.717) is 6.67 Å². The smallest absolute Gasteiger partial charge is 0.114 e. The Hall–Kier alpha value is -1.75. The van der Waals surface area contributed by atoms with Crippen LogP contribution in [0.5, 0.6) is 0 Å². The fraction of sp³-hybridized carbons (Fsp3) is 0.500. The number of aliphatic imine (C=N–C) groups is 1. The highest BCUT2D eigenvalue weighted by Gasteiger charge is 2.25. The number of unbranched alkanes of at least 4 members (excludes halogenated alkanes) is 1. The van der Waals surface area contributed by atoms with Crippen LogP contribution >= 0.6 is 0 Å². The van der Waals surface area contributed by atoms with Crippen LogP contribution < -0.4 is 5.32 Å². The van der Waals surface area contributed by atoms with E-state index in [9.17, 15) is 0 Å². The van der Waals surface area contributed by atoms with Gasteiger partial charge in [0.05, 0.1) is 5.71 Å². The van der Waals surface area contributed by atoms with Crippen LogP contribution in [0.1, 0.15) is 25.3 Å². The van der Waals surface area contributed by atoms with Gasteiger partial charge in [-0.15, -0.1) is 0 Å². The maximum Gasteiger partial charge on any atom is 0.114 e. The van der Waals surface area contributed by atoms with Gasteiger partial charge in [0.2, 0.25) is 0 Å². The number of rotatable bonds is 4. The predicted molar refractivity (Wildman–Crippen MR) is 78.1 cm³/mol. The van der Waals surface area contributed by atoms with E-state index in [1.54, 1.807) is 0 Å². The van der Waals surface area contributed by atoms with Crippen molar-refractivity contribution >= 4 is 11.5 Å². The van der Waals surface area contributed by atoms with Crippen molar-refractivity contribution < 1.29 is 0 Å². The van der Waals surface area contributed by atoms with Gasteiger partial charge in [-0.1, -0.05) is 13.3 Å². The number of hydrogen-bond acceptors (Lipinski definition) is 4. The van der Waals surface area contributed by atoms with Gasteiger partial charge in [0.15, 0.2) is 0 Å². The summed E-state index contributed by atoms with van der Waals surface area (Å²) in [6.07, 6.45) is 6.65. The van der Waals surface area contributed by atoms with Crippen molar-refractivity contribution in [3.63, 3.8) is 0 Å². The Bertz CT molecular complexity index is 514. The van der Waals surface area contributed by atoms with Gasteiger partial charge >= 0.3 is 0 Å². The number of hydrogen-bond donors (Lipinski definition) is 2. The Labute approximate surface area is 114 Å². The van der Waals surface area contributed by atoms with Gasteiger partial charge in [-0.2, -0.15) is 0 Å². The average molecular weight is 259 g/mol. The topological polar surface area (TPSA) is 46.7 Å². The summed E-state index contributed by atoms with van der Waals surface area (Å²) in [6, 6.07) is 2.09. The van der Waals surface area contributed by atoms with Gasteiger partial charge in [-0.05, 0) is 12.5 Å². The minimum absolute atomic E-state index is 0.652. The second kappa shape index (κ2) is 5.09. The van der Waals surface area contributed by atoms with Crippen LogP contribution in [0.15, 0.2) is 29.0 Å². The van der Waals surface area contributed by atoms with Gasteiger partial charge in [0.25, 0.3) is 0 Å². The first-order chi connectivity index (χ1) is 9.29. The highest BCUT2D eigenvalue weighted by Crippen LogP contribution is 2.25. The van der Waals surface area contributed by atoms with E-state index in [1.165, 1.54) is 24.0 Å². The van der Waals surface area contributed by atoms with Crippen molar-refractivity contribution in [3.8, 4) is 0 Å². The van der Waals surface area contributed by atoms with Crippen molar-refractivity contribution in [1.82, 2.24) is 15.0 Å². The fourth-order valence-corrected chi connectivity index (χ4v) is 2.62. The molecule has 102 valence electrons. The van der Waals surface area contributed by atoms with Crippen LogP contribution in [-0.4, -0.2) is 47.5 Å². The van der Waals surface area contributed by atoms with E-state index >= 15 is 0 Å². The standard InChI is InChI=1S/C14H21N5/c1-3-4-7-19-9-11(8-18(19)2)13-12-5-6-15-14(12)17-10-16-13/h5-6,9,15,17H,3-4,7-8,10H2,1-2H3. The number of anilines is 1. The second-order valence-corrected chi connectivity index (χ2v) is 5.09. The molecule has 0 amide bonds. The Kier molecular flexibility index (Phi) is 3.29. The predicted octanol–water partition coefficient (Wildman–Crippen LogP) is 2.03. The molecule has 1 aromatic heterocycles. The molecule has 3 heterocycles. The molecule has 3 rings (SSSR count). The molecular weight excluding hydrogens is 238 g/mol. The molecule has 0 aromatic carbocycles. The van der Waals surface area contributed by atoms with E-state index in [-0.39, 0.29) is 0 Å². The molecule has 5 heteroatoms. The molecule has 2 N–H and O–H groups in total. The lowest BCUT2D eigenvalue weighted by Crippen LogP contribution is -2.32. The summed E-state index contributed by atoms with van der Waals surface area (Å²) in [4.78, 5) is 7.86. The lowest BCUT2D eigenvalue weighted by Gasteiger charge is -2.24. The molecule has 5 nitrogen and oxygen atoms in total. The lowest BCUT2D eigenvalue weighted by molar-refractivity contribution is 0.0823. The van der Waals surface area contributed by atoms with Crippen LogP contribution in [0.3, 0.4) is 0 Å². The van der Waals surface area contributed by atoms with Gasteiger partial charge < -0.3 is 15.3 Å². The minimum atomic E-state index is 0.652. The van der Waals surface area contributed by atoms with Crippen molar-refractivity contribution in [1.29, 1.82) is 0 Å². The van der Waals surface area contributed by atoms with Gasteiger partial charge in [0, 0.05) is 43.7 Å². The molecule has 0 atom stereocenters. The summed E-state index contributed by atoms with van der Waals surface area (Å²) in [5.74, 6) is 1.08. The third-order valence-electron chi connectivity index (χ3n) is 3.68. The monoisotopic (exact) mass is 259 g/mol. The summed E-state index contributed by atoms with van der Waals surface area (Å²) >= 11 is 0. The molecule has 0 radical (unpaired) electrons. The summed E-state index contributed by atoms with van der Waals surface area (Å²) in [7, 11) is 2.14. The zero-order valence-corrected chi connectivity index (χ0v) is 11.6. The van der Waals surface area contributed by atoms with E-state index in [2.05, 4.69) is 51.5 Å². The highest BCUT2D eigenvalue weighted by atomic mass is 15.6. The lowest BCUT2D eigenvalue weighted by atomic mass is 10.0. The Morgan fingerprint density at radius 3 is 3.16 bits per heavy atom. The molecule has 1 aromatic rings. The first kappa shape index (κ1) is 12.3. The Morgan fingerprint density at radius 2 is 2.32 bits per heavy atom. The molecule has 2 aliphatic heterocycles. The van der Waals surface area contributed by atoms with Gasteiger partial charge in [-0.3, -0.25) is 4.99 Å². The van der Waals surface area contributed by atoms with Crippen molar-refractivity contribution in [2.45, 2.75) is 19.8 Å². The third-order valence-corrected chi connectivity index (χ3v) is 3.68. The molecule has 0 saturated heterocycles. The van der Waals surface area contributed by atoms with Crippen molar-refractivity contribution in [2.75, 3.05) is 32.1 Å². The Morgan fingerprint density at radius 1 is 1.42 bits per heavy atom. The van der Waals surface area contributed by atoms with E-state index < -0.39 is 0 Å². The van der Waals surface area contributed by atoms with E-state index in [0.717, 1.165) is 24.6 Å². The molecule has 0 fully saturated rings. The number of aromatic amines is 1. The molecule has 0 aliphatic carbocycles. The molecule has 0 unspecified atom stereocenters. The zero-order chi connectivity index (χ0) is 13.2. The van der Waals surface area contributed by atoms with Crippen LogP contribution in [0.25, 0.3) is 0 Å². The first-order valence-electron chi connectivity index (χ1n) is 6.94. The number of nitrogens with zero attached hydrogens (tertiary/aromatic N) is 3. The van der Waals surface area contributed by atoms with Crippen molar-refractivity contribution in [3.05, 3.63) is 29.6 Å². The van der Waals surface area contributed by atoms with Gasteiger partial charge in [-0.25, -0.2) is 5.01 Å². The molecule has 0 saturated carbocycles. The average Bonchev–Trinajstić information content (AvgIpc) is 3.02. The number of H-pyrrole nitrogens is 1. The summed E-state index contributed by atoms with van der Waals surface area (Å²) < 4.78 is 0. The molecule has 0 spiro atoms. The maximum absolute atomic E-state index is 4.64. The number of fused-ring (bicyclic) bond motifs is 1. The van der Waals surface area contributed by atoms with Crippen molar-refractivity contribution in [2.24, 2.45) is 4.99 Å². The van der Waals surface area contributed by atoms with Gasteiger partial charge in [0.1, 0.15) is 12.5 Å². The summed E-state index contributed by atoms with van der Waals surface area (Å²) in [5.41, 5.74) is 3.62. The van der Waals surface area contributed by atoms with E-state index in [1.807, 2.05) is 6.20 Å². The molecule has 2 aliphatic rings. The number of likely N-dealkylation sites (N-methyl/N-ethyl adjacent to an activating group) is 1. The summed E-state index contributed by atoms with van der Waals surface area (Å²) in [6.45, 7) is 4.90. The largest absolute Gasteiger partial charge is 0.352 e. The van der Waals surface area contributed by atoms with Crippen LogP contribution in [0, 0.1) is 0 Å². The number of hydrazine groups is 1. The minimum Gasteiger partial charge on any atom is -0.352 e. The summed E-state index contributed by atoms with van der Waals surface area (Å²) in [5, 5.41) is 7.82.